The van der Waals surface area contributed by atoms with Crippen LogP contribution in [0, 0.1) is 5.92 Å². The summed E-state index contributed by atoms with van der Waals surface area (Å²) in [5, 5.41) is 0. The Morgan fingerprint density at radius 1 is 1.29 bits per heavy atom. The summed E-state index contributed by atoms with van der Waals surface area (Å²) in [7, 11) is 0. The van der Waals surface area contributed by atoms with E-state index in [2.05, 4.69) is 18.8 Å². The third-order valence-electron chi connectivity index (χ3n) is 4.09. The van der Waals surface area contributed by atoms with Gasteiger partial charge in [0.2, 0.25) is 0 Å². The van der Waals surface area contributed by atoms with Gasteiger partial charge < -0.3 is 15.2 Å². The number of fused-ring (bicyclic) bond motifs is 3. The molecule has 5 heteroatoms. The van der Waals surface area contributed by atoms with Crippen molar-refractivity contribution in [1.82, 2.24) is 4.98 Å². The summed E-state index contributed by atoms with van der Waals surface area (Å²) >= 11 is 6.06. The van der Waals surface area contributed by atoms with Crippen molar-refractivity contribution in [3.8, 4) is 22.6 Å². The van der Waals surface area contributed by atoms with Crippen LogP contribution in [0.2, 0.25) is 0 Å². The van der Waals surface area contributed by atoms with E-state index in [1.807, 2.05) is 30.5 Å². The zero-order valence-electron chi connectivity index (χ0n) is 14.0. The van der Waals surface area contributed by atoms with E-state index in [1.165, 1.54) is 0 Å². The normalized spacial score (nSPS) is 17.0. The van der Waals surface area contributed by atoms with Crippen molar-refractivity contribution in [3.05, 3.63) is 42.2 Å². The molecule has 3 rings (SSSR count). The van der Waals surface area contributed by atoms with E-state index in [0.29, 0.717) is 18.4 Å². The number of benzene rings is 1. The number of rotatable bonds is 6. The summed E-state index contributed by atoms with van der Waals surface area (Å²) in [4.78, 5) is 4.18. The van der Waals surface area contributed by atoms with Crippen LogP contribution < -0.4 is 15.2 Å². The number of hydrogen-bond donors (Lipinski definition) is 1. The molecule has 1 aromatic heterocycles. The van der Waals surface area contributed by atoms with Crippen LogP contribution in [0.4, 0.5) is 0 Å². The van der Waals surface area contributed by atoms with E-state index >= 15 is 0 Å². The molecule has 0 saturated heterocycles. The minimum Gasteiger partial charge on any atom is -0.492 e. The maximum atomic E-state index is 6.09. The van der Waals surface area contributed by atoms with Crippen molar-refractivity contribution in [2.75, 3.05) is 12.5 Å². The second kappa shape index (κ2) is 7.41. The smallest absolute Gasteiger partial charge is 0.139 e. The molecule has 2 atom stereocenters. The van der Waals surface area contributed by atoms with Crippen LogP contribution in [-0.2, 0) is 0 Å². The van der Waals surface area contributed by atoms with E-state index in [-0.39, 0.29) is 12.1 Å². The van der Waals surface area contributed by atoms with Gasteiger partial charge in [0, 0.05) is 35.6 Å². The highest BCUT2D eigenvalue weighted by atomic mass is 35.5. The van der Waals surface area contributed by atoms with Crippen LogP contribution in [0.3, 0.4) is 0 Å². The van der Waals surface area contributed by atoms with Gasteiger partial charge in [-0.15, -0.1) is 11.6 Å². The van der Waals surface area contributed by atoms with Crippen molar-refractivity contribution < 1.29 is 9.47 Å². The summed E-state index contributed by atoms with van der Waals surface area (Å²) < 4.78 is 11.9. The van der Waals surface area contributed by atoms with Crippen molar-refractivity contribution >= 4 is 11.6 Å². The number of ether oxygens (including phenoxy) is 2. The maximum Gasteiger partial charge on any atom is 0.139 e. The van der Waals surface area contributed by atoms with Gasteiger partial charge in [-0.2, -0.15) is 0 Å². The first-order valence-electron chi connectivity index (χ1n) is 8.27. The monoisotopic (exact) mass is 346 g/mol. The zero-order chi connectivity index (χ0) is 17.1. The molecule has 0 spiro atoms. The Labute approximate surface area is 147 Å². The number of halogens is 1. The fourth-order valence-electron chi connectivity index (χ4n) is 3.03. The summed E-state index contributed by atoms with van der Waals surface area (Å²) in [5.41, 5.74) is 9.25. The predicted octanol–water partition coefficient (Wildman–Crippen LogP) is 4.17. The fourth-order valence-corrected chi connectivity index (χ4v) is 3.26. The van der Waals surface area contributed by atoms with Gasteiger partial charge in [0.15, 0.2) is 0 Å². The Bertz CT molecular complexity index is 706. The van der Waals surface area contributed by atoms with Crippen LogP contribution in [0.15, 0.2) is 36.7 Å². The molecule has 1 unspecified atom stereocenters. The molecule has 2 N–H and O–H groups in total. The summed E-state index contributed by atoms with van der Waals surface area (Å²) in [5.74, 6) is 2.49. The Hall–Kier alpha value is -1.78. The molecule has 0 radical (unpaired) electrons. The molecule has 1 aliphatic heterocycles. The van der Waals surface area contributed by atoms with Crippen molar-refractivity contribution in [2.45, 2.75) is 32.4 Å². The van der Waals surface area contributed by atoms with Crippen LogP contribution in [0.25, 0.3) is 11.1 Å². The number of aromatic nitrogens is 1. The Morgan fingerprint density at radius 2 is 2.12 bits per heavy atom. The lowest BCUT2D eigenvalue weighted by molar-refractivity contribution is 0.223. The average molecular weight is 347 g/mol. The number of alkyl halides is 1. The molecule has 1 aromatic carbocycles. The van der Waals surface area contributed by atoms with Crippen molar-refractivity contribution in [3.63, 3.8) is 0 Å². The average Bonchev–Trinajstić information content (AvgIpc) is 2.58. The minimum atomic E-state index is -0.193. The molecular formula is C19H23ClN2O2. The van der Waals surface area contributed by atoms with Gasteiger partial charge in [0.05, 0.1) is 5.88 Å². The third-order valence-corrected chi connectivity index (χ3v) is 4.37. The lowest BCUT2D eigenvalue weighted by Crippen LogP contribution is -2.29. The van der Waals surface area contributed by atoms with Crippen LogP contribution >= 0.6 is 11.6 Å². The van der Waals surface area contributed by atoms with Crippen molar-refractivity contribution in [1.29, 1.82) is 0 Å². The Morgan fingerprint density at radius 3 is 2.88 bits per heavy atom. The Balaban J connectivity index is 1.80. The first-order valence-corrected chi connectivity index (χ1v) is 8.81. The van der Waals surface area contributed by atoms with Crippen LogP contribution in [0.1, 0.15) is 31.9 Å². The second-order valence-corrected chi connectivity index (χ2v) is 6.89. The molecule has 24 heavy (non-hydrogen) atoms. The van der Waals surface area contributed by atoms with Gasteiger partial charge >= 0.3 is 0 Å². The summed E-state index contributed by atoms with van der Waals surface area (Å²) in [6.07, 6.45) is 4.35. The van der Waals surface area contributed by atoms with Crippen LogP contribution in [-0.4, -0.2) is 23.5 Å². The molecule has 0 amide bonds. The van der Waals surface area contributed by atoms with Gasteiger partial charge in [-0.1, -0.05) is 13.8 Å². The highest BCUT2D eigenvalue weighted by molar-refractivity contribution is 6.18. The van der Waals surface area contributed by atoms with Gasteiger partial charge in [-0.05, 0) is 36.1 Å². The highest BCUT2D eigenvalue weighted by Gasteiger charge is 2.26. The van der Waals surface area contributed by atoms with E-state index < -0.39 is 0 Å². The summed E-state index contributed by atoms with van der Waals surface area (Å²) in [6, 6.07) is 7.91. The van der Waals surface area contributed by atoms with Crippen molar-refractivity contribution in [2.24, 2.45) is 11.7 Å². The molecule has 0 bridgehead atoms. The maximum absolute atomic E-state index is 6.09. The SMILES string of the molecule is CC(C)C[C@H](N)COc1ccc2c(c1)OC(CCl)c1cnccc1-2. The lowest BCUT2D eigenvalue weighted by atomic mass is 9.95. The largest absolute Gasteiger partial charge is 0.492 e. The number of pyridine rings is 1. The number of hydrogen-bond acceptors (Lipinski definition) is 4. The molecule has 0 aliphatic carbocycles. The zero-order valence-corrected chi connectivity index (χ0v) is 14.8. The first kappa shape index (κ1) is 17.1. The summed E-state index contributed by atoms with van der Waals surface area (Å²) in [6.45, 7) is 4.81. The molecule has 2 aromatic rings. The molecule has 0 fully saturated rings. The van der Waals surface area contributed by atoms with E-state index in [1.54, 1.807) is 6.20 Å². The number of nitrogens with two attached hydrogens (primary N) is 1. The molecule has 1 aliphatic rings. The quantitative estimate of drug-likeness (QED) is 0.797. The third kappa shape index (κ3) is 3.65. The molecule has 128 valence electrons. The first-order chi connectivity index (χ1) is 11.6. The topological polar surface area (TPSA) is 57.4 Å². The minimum absolute atomic E-state index is 0.0318. The van der Waals surface area contributed by atoms with Gasteiger partial charge in [-0.3, -0.25) is 4.98 Å². The highest BCUT2D eigenvalue weighted by Crippen LogP contribution is 2.43. The van der Waals surface area contributed by atoms with Gasteiger partial charge in [0.1, 0.15) is 24.2 Å². The number of nitrogens with zero attached hydrogens (tertiary/aromatic N) is 1. The predicted molar refractivity (Wildman–Crippen MR) is 96.7 cm³/mol. The second-order valence-electron chi connectivity index (χ2n) is 6.58. The van der Waals surface area contributed by atoms with E-state index in [4.69, 9.17) is 26.8 Å². The van der Waals surface area contributed by atoms with Gasteiger partial charge in [0.25, 0.3) is 0 Å². The lowest BCUT2D eigenvalue weighted by Gasteiger charge is -2.27. The standard InChI is InChI=1S/C19H23ClN2O2/c1-12(2)7-13(21)11-23-14-3-4-16-15-5-6-22-10-17(15)19(9-20)24-18(16)8-14/h3-6,8,10,12-13,19H,7,9,11,21H2,1-2H3/t13-,19?/m0/s1. The Kier molecular flexibility index (Phi) is 5.27. The molecule has 4 nitrogen and oxygen atoms in total. The van der Waals surface area contributed by atoms with Gasteiger partial charge in [-0.25, -0.2) is 0 Å². The van der Waals surface area contributed by atoms with E-state index in [9.17, 15) is 0 Å². The fraction of sp³-hybridized carbons (Fsp3) is 0.421. The van der Waals surface area contributed by atoms with E-state index in [0.717, 1.165) is 34.6 Å². The molecular weight excluding hydrogens is 324 g/mol. The molecule has 2 heterocycles. The van der Waals surface area contributed by atoms with Crippen LogP contribution in [0.5, 0.6) is 11.5 Å². The molecule has 0 saturated carbocycles.